The Hall–Kier alpha value is -2.21. The second-order valence-electron chi connectivity index (χ2n) is 4.79. The number of aromatic nitrogens is 4. The van der Waals surface area contributed by atoms with Crippen LogP contribution in [0.2, 0.25) is 0 Å². The summed E-state index contributed by atoms with van der Waals surface area (Å²) in [6, 6.07) is 11.6. The van der Waals surface area contributed by atoms with Crippen LogP contribution in [-0.4, -0.2) is 19.7 Å². The number of nitrogens with zero attached hydrogens (tertiary/aromatic N) is 4. The van der Waals surface area contributed by atoms with E-state index in [0.29, 0.717) is 17.5 Å². The third-order valence-electron chi connectivity index (χ3n) is 3.03. The molecule has 2 heterocycles. The molecule has 3 aromatic rings. The molecule has 21 heavy (non-hydrogen) atoms. The first kappa shape index (κ1) is 13.8. The van der Waals surface area contributed by atoms with Crippen molar-refractivity contribution in [3.8, 4) is 17.1 Å². The number of halogens is 1. The first-order valence-electron chi connectivity index (χ1n) is 6.47. The van der Waals surface area contributed by atoms with Crippen molar-refractivity contribution in [1.29, 1.82) is 0 Å². The molecule has 0 amide bonds. The summed E-state index contributed by atoms with van der Waals surface area (Å²) >= 11 is 3.46. The molecule has 0 fully saturated rings. The highest BCUT2D eigenvalue weighted by Crippen LogP contribution is 2.25. The number of rotatable bonds is 2. The lowest BCUT2D eigenvalue weighted by atomic mass is 10.2. The quantitative estimate of drug-likeness (QED) is 0.774. The molecule has 0 spiro atoms. The minimum absolute atomic E-state index is 0.544. The molecule has 0 aliphatic heterocycles. The minimum Gasteiger partial charge on any atom is -0.384 e. The van der Waals surface area contributed by atoms with E-state index in [2.05, 4.69) is 31.0 Å². The van der Waals surface area contributed by atoms with Crippen molar-refractivity contribution in [2.75, 3.05) is 5.73 Å². The predicted molar refractivity (Wildman–Crippen MR) is 86.2 cm³/mol. The summed E-state index contributed by atoms with van der Waals surface area (Å²) in [4.78, 5) is 8.66. The molecular formula is C15H14BrN5. The lowest BCUT2D eigenvalue weighted by molar-refractivity contribution is 0.833. The molecule has 0 aliphatic rings. The molecule has 2 N–H and O–H groups in total. The molecule has 0 atom stereocenters. The van der Waals surface area contributed by atoms with Gasteiger partial charge in [-0.05, 0) is 26.0 Å². The van der Waals surface area contributed by atoms with Gasteiger partial charge in [0.05, 0.1) is 5.69 Å². The van der Waals surface area contributed by atoms with Crippen LogP contribution >= 0.6 is 15.9 Å². The number of hydrogen-bond acceptors (Lipinski definition) is 4. The maximum atomic E-state index is 6.08. The van der Waals surface area contributed by atoms with E-state index in [1.165, 1.54) is 0 Å². The maximum absolute atomic E-state index is 6.08. The van der Waals surface area contributed by atoms with E-state index < -0.39 is 0 Å². The second kappa shape index (κ2) is 5.29. The summed E-state index contributed by atoms with van der Waals surface area (Å²) in [6.45, 7) is 3.78. The highest BCUT2D eigenvalue weighted by molar-refractivity contribution is 9.10. The third kappa shape index (κ3) is 2.80. The van der Waals surface area contributed by atoms with Crippen LogP contribution in [0.3, 0.4) is 0 Å². The van der Waals surface area contributed by atoms with Gasteiger partial charge in [-0.3, -0.25) is 0 Å². The highest BCUT2D eigenvalue weighted by Gasteiger charge is 2.11. The monoisotopic (exact) mass is 343 g/mol. The van der Waals surface area contributed by atoms with Gasteiger partial charge in [0.15, 0.2) is 5.82 Å². The maximum Gasteiger partial charge on any atom is 0.159 e. The van der Waals surface area contributed by atoms with Gasteiger partial charge in [-0.15, -0.1) is 0 Å². The van der Waals surface area contributed by atoms with Crippen LogP contribution in [0.25, 0.3) is 17.1 Å². The van der Waals surface area contributed by atoms with E-state index in [9.17, 15) is 0 Å². The zero-order chi connectivity index (χ0) is 15.0. The smallest absolute Gasteiger partial charge is 0.159 e. The van der Waals surface area contributed by atoms with Crippen molar-refractivity contribution < 1.29 is 0 Å². The number of anilines is 1. The van der Waals surface area contributed by atoms with Gasteiger partial charge in [0.25, 0.3) is 0 Å². The fourth-order valence-electron chi connectivity index (χ4n) is 2.17. The van der Waals surface area contributed by atoms with E-state index in [0.717, 1.165) is 21.4 Å². The fraction of sp³-hybridized carbons (Fsp3) is 0.133. The number of benzene rings is 1. The molecular weight excluding hydrogens is 330 g/mol. The summed E-state index contributed by atoms with van der Waals surface area (Å²) in [7, 11) is 0. The zero-order valence-electron chi connectivity index (χ0n) is 11.7. The zero-order valence-corrected chi connectivity index (χ0v) is 13.3. The average Bonchev–Trinajstić information content (AvgIpc) is 2.80. The summed E-state index contributed by atoms with van der Waals surface area (Å²) in [5.41, 5.74) is 8.77. The predicted octanol–water partition coefficient (Wildman–Crippen LogP) is 3.29. The third-order valence-corrected chi connectivity index (χ3v) is 3.52. The van der Waals surface area contributed by atoms with Crippen molar-refractivity contribution in [3.05, 3.63) is 52.4 Å². The summed E-state index contributed by atoms with van der Waals surface area (Å²) < 4.78 is 2.64. The van der Waals surface area contributed by atoms with Gasteiger partial charge in [-0.1, -0.05) is 28.1 Å². The molecule has 0 aliphatic carbocycles. The Bertz CT molecular complexity index is 789. The van der Waals surface area contributed by atoms with Gasteiger partial charge >= 0.3 is 0 Å². The minimum atomic E-state index is 0.544. The van der Waals surface area contributed by atoms with Gasteiger partial charge < -0.3 is 5.73 Å². The molecule has 6 heteroatoms. The van der Waals surface area contributed by atoms with E-state index in [4.69, 9.17) is 5.73 Å². The standard InChI is InChI=1S/C15H14BrN5/c1-9-6-15(19-10(2)18-9)21-14(17)8-13(20-21)11-4-3-5-12(16)7-11/h3-8H,17H2,1-2H3. The second-order valence-corrected chi connectivity index (χ2v) is 5.71. The van der Waals surface area contributed by atoms with Crippen molar-refractivity contribution in [3.63, 3.8) is 0 Å². The van der Waals surface area contributed by atoms with E-state index in [-0.39, 0.29) is 0 Å². The van der Waals surface area contributed by atoms with E-state index >= 15 is 0 Å². The number of aryl methyl sites for hydroxylation is 2. The Morgan fingerprint density at radius 3 is 2.62 bits per heavy atom. The summed E-state index contributed by atoms with van der Waals surface area (Å²) in [6.07, 6.45) is 0. The Morgan fingerprint density at radius 1 is 1.10 bits per heavy atom. The van der Waals surface area contributed by atoms with E-state index in [1.54, 1.807) is 4.68 Å². The molecule has 0 saturated heterocycles. The molecule has 1 aromatic carbocycles. The van der Waals surface area contributed by atoms with Crippen molar-refractivity contribution in [2.24, 2.45) is 0 Å². The van der Waals surface area contributed by atoms with Crippen LogP contribution in [0.5, 0.6) is 0 Å². The van der Waals surface area contributed by atoms with Crippen LogP contribution in [-0.2, 0) is 0 Å². The molecule has 2 aromatic heterocycles. The first-order chi connectivity index (χ1) is 10.0. The Labute approximate surface area is 131 Å². The molecule has 0 saturated carbocycles. The first-order valence-corrected chi connectivity index (χ1v) is 7.26. The van der Waals surface area contributed by atoms with Gasteiger partial charge in [-0.25, -0.2) is 9.97 Å². The van der Waals surface area contributed by atoms with Crippen LogP contribution in [0.1, 0.15) is 11.5 Å². The van der Waals surface area contributed by atoms with Crippen molar-refractivity contribution >= 4 is 21.7 Å². The number of nitrogen functional groups attached to an aromatic ring is 1. The molecule has 0 radical (unpaired) electrons. The number of nitrogens with two attached hydrogens (primary N) is 1. The molecule has 0 bridgehead atoms. The summed E-state index contributed by atoms with van der Waals surface area (Å²) in [5.74, 6) is 1.92. The molecule has 3 rings (SSSR count). The van der Waals surface area contributed by atoms with Crippen LogP contribution < -0.4 is 5.73 Å². The highest BCUT2D eigenvalue weighted by atomic mass is 79.9. The lowest BCUT2D eigenvalue weighted by Gasteiger charge is -2.05. The Kier molecular flexibility index (Phi) is 3.47. The van der Waals surface area contributed by atoms with Crippen molar-refractivity contribution in [2.45, 2.75) is 13.8 Å². The van der Waals surface area contributed by atoms with Gasteiger partial charge in [0.2, 0.25) is 0 Å². The van der Waals surface area contributed by atoms with Crippen LogP contribution in [0.4, 0.5) is 5.82 Å². The van der Waals surface area contributed by atoms with Gasteiger partial charge in [0.1, 0.15) is 11.6 Å². The number of hydrogen-bond donors (Lipinski definition) is 1. The Balaban J connectivity index is 2.09. The largest absolute Gasteiger partial charge is 0.384 e. The van der Waals surface area contributed by atoms with E-state index in [1.807, 2.05) is 50.2 Å². The van der Waals surface area contributed by atoms with Crippen LogP contribution in [0, 0.1) is 13.8 Å². The normalized spacial score (nSPS) is 10.8. The Morgan fingerprint density at radius 2 is 1.90 bits per heavy atom. The molecule has 0 unspecified atom stereocenters. The SMILES string of the molecule is Cc1cc(-n2nc(-c3cccc(Br)c3)cc2N)nc(C)n1. The molecule has 106 valence electrons. The lowest BCUT2D eigenvalue weighted by Crippen LogP contribution is -2.06. The average molecular weight is 344 g/mol. The van der Waals surface area contributed by atoms with Crippen LogP contribution in [0.15, 0.2) is 40.9 Å². The van der Waals surface area contributed by atoms with Gasteiger partial charge in [-0.2, -0.15) is 9.78 Å². The summed E-state index contributed by atoms with van der Waals surface area (Å²) in [5, 5.41) is 4.55. The fourth-order valence-corrected chi connectivity index (χ4v) is 2.57. The van der Waals surface area contributed by atoms with Gasteiger partial charge in [0, 0.05) is 27.9 Å². The molecule has 5 nitrogen and oxygen atoms in total. The topological polar surface area (TPSA) is 69.6 Å². The van der Waals surface area contributed by atoms with Crippen molar-refractivity contribution in [1.82, 2.24) is 19.7 Å².